The van der Waals surface area contributed by atoms with Crippen LogP contribution in [0.5, 0.6) is 0 Å². The summed E-state index contributed by atoms with van der Waals surface area (Å²) in [5.41, 5.74) is 5.15. The molecule has 3 aliphatic rings. The van der Waals surface area contributed by atoms with Crippen LogP contribution in [0.1, 0.15) is 12.0 Å². The molecule has 4 amide bonds. The average Bonchev–Trinajstić information content (AvgIpc) is 3.19. The van der Waals surface area contributed by atoms with Crippen LogP contribution in [0.3, 0.4) is 0 Å². The van der Waals surface area contributed by atoms with Gasteiger partial charge in [-0.05, 0) is 6.07 Å². The van der Waals surface area contributed by atoms with Gasteiger partial charge in [0.15, 0.2) is 0 Å². The van der Waals surface area contributed by atoms with E-state index in [1.807, 2.05) is 0 Å². The van der Waals surface area contributed by atoms with Crippen molar-refractivity contribution in [2.45, 2.75) is 18.0 Å². The van der Waals surface area contributed by atoms with Crippen LogP contribution in [0.25, 0.3) is 0 Å². The monoisotopic (exact) mass is 372 g/mol. The van der Waals surface area contributed by atoms with Crippen molar-refractivity contribution in [1.29, 1.82) is 0 Å². The fraction of sp³-hybridized carbons (Fsp3) is 0.444. The lowest BCUT2D eigenvalue weighted by Crippen LogP contribution is -2.53. The predicted molar refractivity (Wildman–Crippen MR) is 93.1 cm³/mol. The minimum atomic E-state index is -1.39. The molecule has 9 heteroatoms. The zero-order valence-electron chi connectivity index (χ0n) is 14.7. The summed E-state index contributed by atoms with van der Waals surface area (Å²) in [5, 5.41) is 5.92. The highest BCUT2D eigenvalue weighted by Crippen LogP contribution is 2.53. The molecule has 4 atom stereocenters. The number of hydrogen-bond donors (Lipinski definition) is 3. The van der Waals surface area contributed by atoms with Crippen LogP contribution < -0.4 is 16.4 Å². The van der Waals surface area contributed by atoms with Crippen LogP contribution in [0.4, 0.5) is 5.69 Å². The van der Waals surface area contributed by atoms with Crippen molar-refractivity contribution >= 4 is 29.3 Å². The zero-order valence-corrected chi connectivity index (χ0v) is 14.7. The van der Waals surface area contributed by atoms with Gasteiger partial charge in [-0.1, -0.05) is 18.2 Å². The van der Waals surface area contributed by atoms with E-state index in [1.54, 1.807) is 24.3 Å². The van der Waals surface area contributed by atoms with E-state index in [2.05, 4.69) is 10.6 Å². The van der Waals surface area contributed by atoms with Crippen LogP contribution in [0.15, 0.2) is 24.3 Å². The number of amides is 4. The Labute approximate surface area is 155 Å². The highest BCUT2D eigenvalue weighted by Gasteiger charge is 2.70. The highest BCUT2D eigenvalue weighted by atomic mass is 16.5. The molecule has 9 nitrogen and oxygen atoms in total. The number of likely N-dealkylation sites (tertiary alicyclic amines) is 1. The van der Waals surface area contributed by atoms with Gasteiger partial charge in [0.1, 0.15) is 5.54 Å². The number of carbonyl (C=O) groups excluding carboxylic acids is 4. The SMILES string of the molecule is COCCN1C(=O)[C@@H]2[C@H](CC(N)=O)N[C@@]3(C(=O)Nc4ccccc43)[C@@H]2C1=O. The first-order valence-corrected chi connectivity index (χ1v) is 8.73. The van der Waals surface area contributed by atoms with Crippen LogP contribution in [-0.2, 0) is 29.5 Å². The van der Waals surface area contributed by atoms with Crippen LogP contribution in [-0.4, -0.2) is 54.8 Å². The van der Waals surface area contributed by atoms with Crippen molar-refractivity contribution in [3.05, 3.63) is 29.8 Å². The summed E-state index contributed by atoms with van der Waals surface area (Å²) in [6.45, 7) is 0.296. The van der Waals surface area contributed by atoms with Gasteiger partial charge in [-0.25, -0.2) is 0 Å². The molecule has 4 rings (SSSR count). The number of rotatable bonds is 5. The van der Waals surface area contributed by atoms with Crippen LogP contribution in [0.2, 0.25) is 0 Å². The summed E-state index contributed by atoms with van der Waals surface area (Å²) < 4.78 is 4.99. The summed E-state index contributed by atoms with van der Waals surface area (Å²) in [4.78, 5) is 51.8. The Morgan fingerprint density at radius 1 is 1.26 bits per heavy atom. The van der Waals surface area contributed by atoms with E-state index in [0.29, 0.717) is 11.3 Å². The summed E-state index contributed by atoms with van der Waals surface area (Å²) >= 11 is 0. The van der Waals surface area contributed by atoms with Crippen molar-refractivity contribution in [2.24, 2.45) is 17.6 Å². The molecule has 2 fully saturated rings. The summed E-state index contributed by atoms with van der Waals surface area (Å²) in [6, 6.07) is 6.33. The molecule has 1 aromatic carbocycles. The van der Waals surface area contributed by atoms with Crippen molar-refractivity contribution in [2.75, 3.05) is 25.6 Å². The molecule has 0 radical (unpaired) electrons. The number of methoxy groups -OCH3 is 1. The van der Waals surface area contributed by atoms with Gasteiger partial charge in [0.2, 0.25) is 23.6 Å². The first-order valence-electron chi connectivity index (χ1n) is 8.73. The Morgan fingerprint density at radius 3 is 2.70 bits per heavy atom. The Balaban J connectivity index is 1.83. The Kier molecular flexibility index (Phi) is 4.01. The molecule has 0 saturated carbocycles. The van der Waals surface area contributed by atoms with Crippen molar-refractivity contribution in [3.63, 3.8) is 0 Å². The molecule has 2 saturated heterocycles. The number of para-hydroxylation sites is 1. The summed E-state index contributed by atoms with van der Waals surface area (Å²) in [7, 11) is 1.48. The number of nitrogens with two attached hydrogens (primary N) is 1. The maximum absolute atomic E-state index is 13.2. The molecule has 3 aliphatic heterocycles. The molecule has 4 N–H and O–H groups in total. The lowest BCUT2D eigenvalue weighted by Gasteiger charge is -2.29. The fourth-order valence-corrected chi connectivity index (χ4v) is 4.61. The number of nitrogens with one attached hydrogen (secondary N) is 2. The molecule has 0 aliphatic carbocycles. The second-order valence-corrected chi connectivity index (χ2v) is 7.05. The summed E-state index contributed by atoms with van der Waals surface area (Å²) in [6.07, 6.45) is -0.143. The Morgan fingerprint density at radius 2 is 2.00 bits per heavy atom. The minimum Gasteiger partial charge on any atom is -0.383 e. The number of primary amides is 1. The second kappa shape index (κ2) is 6.14. The Bertz CT molecular complexity index is 856. The third-order valence-electron chi connectivity index (χ3n) is 5.65. The number of fused-ring (bicyclic) bond motifs is 4. The second-order valence-electron chi connectivity index (χ2n) is 7.05. The molecule has 1 spiro atoms. The standard InChI is InChI=1S/C18H20N4O5/c1-27-7-6-22-15(24)13-11(8-12(19)23)21-18(14(13)16(22)25)9-4-2-3-5-10(9)20-17(18)26/h2-5,11,13-14,21H,6-8H2,1H3,(H2,19,23)(H,20,26)/t11-,13+,14-,18+/m0/s1. The lowest BCUT2D eigenvalue weighted by molar-refractivity contribution is -0.143. The number of hydrogen-bond acceptors (Lipinski definition) is 6. The third-order valence-corrected chi connectivity index (χ3v) is 5.65. The van der Waals surface area contributed by atoms with Gasteiger partial charge in [-0.3, -0.25) is 29.4 Å². The molecule has 142 valence electrons. The first-order chi connectivity index (χ1) is 12.9. The maximum atomic E-state index is 13.2. The molecule has 0 unspecified atom stereocenters. The van der Waals surface area contributed by atoms with Gasteiger partial charge in [0.25, 0.3) is 0 Å². The quantitative estimate of drug-likeness (QED) is 0.564. The smallest absolute Gasteiger partial charge is 0.250 e. The third kappa shape index (κ3) is 2.31. The number of carbonyl (C=O) groups is 4. The molecule has 1 aromatic rings. The van der Waals surface area contributed by atoms with E-state index < -0.39 is 47.0 Å². The minimum absolute atomic E-state index is 0.101. The van der Waals surface area contributed by atoms with Crippen molar-refractivity contribution in [3.8, 4) is 0 Å². The van der Waals surface area contributed by atoms with Gasteiger partial charge >= 0.3 is 0 Å². The fourth-order valence-electron chi connectivity index (χ4n) is 4.61. The number of benzene rings is 1. The first kappa shape index (κ1) is 17.6. The van der Waals surface area contributed by atoms with Gasteiger partial charge < -0.3 is 15.8 Å². The maximum Gasteiger partial charge on any atom is 0.250 e. The van der Waals surface area contributed by atoms with Gasteiger partial charge in [-0.15, -0.1) is 0 Å². The van der Waals surface area contributed by atoms with E-state index >= 15 is 0 Å². The molecule has 0 bridgehead atoms. The van der Waals surface area contributed by atoms with E-state index in [-0.39, 0.29) is 19.6 Å². The van der Waals surface area contributed by atoms with Gasteiger partial charge in [-0.2, -0.15) is 0 Å². The van der Waals surface area contributed by atoms with Gasteiger partial charge in [0.05, 0.1) is 25.0 Å². The van der Waals surface area contributed by atoms with E-state index in [4.69, 9.17) is 10.5 Å². The molecular weight excluding hydrogens is 352 g/mol. The number of imide groups is 1. The number of nitrogens with zero attached hydrogens (tertiary/aromatic N) is 1. The molecule has 27 heavy (non-hydrogen) atoms. The zero-order chi connectivity index (χ0) is 19.3. The van der Waals surface area contributed by atoms with Crippen LogP contribution in [0, 0.1) is 11.8 Å². The van der Waals surface area contributed by atoms with Crippen molar-refractivity contribution < 1.29 is 23.9 Å². The van der Waals surface area contributed by atoms with E-state index in [1.165, 1.54) is 7.11 Å². The average molecular weight is 372 g/mol. The topological polar surface area (TPSA) is 131 Å². The van der Waals surface area contributed by atoms with Gasteiger partial charge in [0, 0.05) is 30.8 Å². The summed E-state index contributed by atoms with van der Waals surface area (Å²) in [5.74, 6) is -3.62. The van der Waals surface area contributed by atoms with E-state index in [9.17, 15) is 19.2 Å². The molecule has 3 heterocycles. The molecular formula is C18H20N4O5. The number of anilines is 1. The molecule has 0 aromatic heterocycles. The van der Waals surface area contributed by atoms with E-state index in [0.717, 1.165) is 4.90 Å². The predicted octanol–water partition coefficient (Wildman–Crippen LogP) is -1.07. The highest BCUT2D eigenvalue weighted by molar-refractivity contribution is 6.15. The Hall–Kier alpha value is -2.78. The van der Waals surface area contributed by atoms with Crippen LogP contribution >= 0.6 is 0 Å². The van der Waals surface area contributed by atoms with Crippen molar-refractivity contribution in [1.82, 2.24) is 10.2 Å². The normalized spacial score (nSPS) is 31.4. The largest absolute Gasteiger partial charge is 0.383 e. The lowest BCUT2D eigenvalue weighted by atomic mass is 9.76. The number of ether oxygens (including phenoxy) is 1.